The van der Waals surface area contributed by atoms with E-state index in [0.29, 0.717) is 17.0 Å². The van der Waals surface area contributed by atoms with Gasteiger partial charge in [0.15, 0.2) is 0 Å². The van der Waals surface area contributed by atoms with Crippen molar-refractivity contribution in [2.75, 3.05) is 43.6 Å². The molecule has 3 amide bonds. The van der Waals surface area contributed by atoms with Crippen molar-refractivity contribution < 1.29 is 19.1 Å². The second-order valence-electron chi connectivity index (χ2n) is 8.97. The van der Waals surface area contributed by atoms with Crippen molar-refractivity contribution in [3.05, 3.63) is 88.5 Å². The van der Waals surface area contributed by atoms with Gasteiger partial charge in [0.05, 0.1) is 17.9 Å². The fourth-order valence-electron chi connectivity index (χ4n) is 4.04. The highest BCUT2D eigenvalue weighted by Crippen LogP contribution is 2.31. The Morgan fingerprint density at radius 2 is 1.72 bits per heavy atom. The van der Waals surface area contributed by atoms with Crippen molar-refractivity contribution in [2.45, 2.75) is 20.5 Å². The number of amides is 3. The van der Waals surface area contributed by atoms with E-state index in [1.807, 2.05) is 44.2 Å². The second kappa shape index (κ2) is 13.1. The second-order valence-corrected chi connectivity index (χ2v) is 8.97. The van der Waals surface area contributed by atoms with Crippen LogP contribution in [0.4, 0.5) is 17.1 Å². The smallest absolute Gasteiger partial charge is 0.251 e. The summed E-state index contributed by atoms with van der Waals surface area (Å²) in [4.78, 5) is 38.3. The summed E-state index contributed by atoms with van der Waals surface area (Å²) in [7, 11) is 5.04. The maximum Gasteiger partial charge on any atom is 0.251 e. The summed E-state index contributed by atoms with van der Waals surface area (Å²) in [5, 5.41) is 8.22. The van der Waals surface area contributed by atoms with Gasteiger partial charge in [-0.1, -0.05) is 24.3 Å². The van der Waals surface area contributed by atoms with Crippen LogP contribution in [0.3, 0.4) is 0 Å². The Bertz CT molecular complexity index is 1380. The lowest BCUT2D eigenvalue weighted by Gasteiger charge is -2.23. The average molecular weight is 530 g/mol. The van der Waals surface area contributed by atoms with Crippen molar-refractivity contribution in [1.82, 2.24) is 10.6 Å². The number of nitrogens with two attached hydrogens (primary N) is 1. The molecule has 0 aliphatic rings. The first-order valence-electron chi connectivity index (χ1n) is 12.5. The number of likely N-dealkylation sites (N-methyl/N-ethyl adjacent to an activating group) is 1. The third kappa shape index (κ3) is 7.16. The average Bonchev–Trinajstić information content (AvgIpc) is 2.95. The van der Waals surface area contributed by atoms with Crippen LogP contribution in [-0.4, -0.2) is 45.4 Å². The highest BCUT2D eigenvalue weighted by molar-refractivity contribution is 5.99. The van der Waals surface area contributed by atoms with E-state index in [0.717, 1.165) is 33.6 Å². The predicted octanol–water partition coefficient (Wildman–Crippen LogP) is 3.66. The molecular weight excluding hydrogens is 494 g/mol. The molecule has 9 heteroatoms. The molecule has 3 rings (SSSR count). The summed E-state index contributed by atoms with van der Waals surface area (Å²) in [5.74, 6) is -0.272. The van der Waals surface area contributed by atoms with Crippen molar-refractivity contribution in [1.29, 1.82) is 0 Å². The van der Waals surface area contributed by atoms with Crippen molar-refractivity contribution in [3.8, 4) is 5.75 Å². The molecule has 0 aliphatic carbocycles. The molecule has 0 heterocycles. The number of carbonyl (C=O) groups is 3. The van der Waals surface area contributed by atoms with E-state index < -0.39 is 5.91 Å². The Balaban J connectivity index is 1.62. The van der Waals surface area contributed by atoms with E-state index in [-0.39, 0.29) is 25.0 Å². The molecule has 0 spiro atoms. The first-order chi connectivity index (χ1) is 18.7. The number of carbonyl (C=O) groups excluding carboxylic acids is 3. The van der Waals surface area contributed by atoms with E-state index in [9.17, 15) is 14.4 Å². The summed E-state index contributed by atoms with van der Waals surface area (Å²) in [6, 6.07) is 16.2. The van der Waals surface area contributed by atoms with Crippen LogP contribution in [0.1, 0.15) is 32.6 Å². The molecule has 0 radical (unpaired) electrons. The lowest BCUT2D eigenvalue weighted by Crippen LogP contribution is -2.38. The summed E-state index contributed by atoms with van der Waals surface area (Å²) >= 11 is 0. The summed E-state index contributed by atoms with van der Waals surface area (Å²) in [6.45, 7) is 4.05. The fraction of sp³-hybridized carbons (Fsp3) is 0.233. The van der Waals surface area contributed by atoms with Gasteiger partial charge in [0, 0.05) is 38.5 Å². The zero-order valence-electron chi connectivity index (χ0n) is 22.9. The molecule has 9 nitrogen and oxygen atoms in total. The maximum absolute atomic E-state index is 12.9. The number of benzene rings is 3. The number of nitrogens with one attached hydrogen (secondary N) is 3. The number of anilines is 3. The van der Waals surface area contributed by atoms with Crippen LogP contribution in [0.2, 0.25) is 0 Å². The Labute approximate surface area is 229 Å². The predicted molar refractivity (Wildman–Crippen MR) is 156 cm³/mol. The van der Waals surface area contributed by atoms with Crippen molar-refractivity contribution in [2.24, 2.45) is 0 Å². The monoisotopic (exact) mass is 529 g/mol. The zero-order chi connectivity index (χ0) is 28.5. The van der Waals surface area contributed by atoms with Gasteiger partial charge < -0.3 is 31.3 Å². The normalized spacial score (nSPS) is 10.7. The van der Waals surface area contributed by atoms with Crippen LogP contribution in [0, 0.1) is 13.8 Å². The van der Waals surface area contributed by atoms with E-state index in [1.165, 1.54) is 11.0 Å². The van der Waals surface area contributed by atoms with Crippen LogP contribution >= 0.6 is 0 Å². The number of hydrogen-bond acceptors (Lipinski definition) is 6. The van der Waals surface area contributed by atoms with Crippen molar-refractivity contribution in [3.63, 3.8) is 0 Å². The summed E-state index contributed by atoms with van der Waals surface area (Å²) in [6.07, 6.45) is 2.97. The number of hydrogen-bond donors (Lipinski definition) is 4. The standard InChI is InChI=1S/C30H35N5O4/c1-19-9-15-25(20(2)23(19)18-39-26-8-6-7-24(32-3)29(26)31)35(5)28(37)17-34-27(36)16-12-21-10-13-22(14-11-21)30(38)33-4/h6-16,32H,17-18,31H2,1-5H3,(H,33,38)(H,34,36)/b16-12+. The number of ether oxygens (including phenoxy) is 1. The quantitative estimate of drug-likeness (QED) is 0.235. The van der Waals surface area contributed by atoms with Crippen LogP contribution in [0.25, 0.3) is 6.08 Å². The molecule has 0 saturated heterocycles. The van der Waals surface area contributed by atoms with Crippen LogP contribution in [-0.2, 0) is 16.2 Å². The minimum atomic E-state index is -0.400. The van der Waals surface area contributed by atoms with Crippen LogP contribution in [0.5, 0.6) is 5.75 Å². The molecule has 0 bridgehead atoms. The van der Waals surface area contributed by atoms with Gasteiger partial charge in [-0.25, -0.2) is 0 Å². The highest BCUT2D eigenvalue weighted by atomic mass is 16.5. The molecule has 0 fully saturated rings. The van der Waals surface area contributed by atoms with Gasteiger partial charge in [-0.3, -0.25) is 14.4 Å². The number of para-hydroxylation sites is 1. The first kappa shape index (κ1) is 28.8. The fourth-order valence-corrected chi connectivity index (χ4v) is 4.04. The van der Waals surface area contributed by atoms with E-state index in [4.69, 9.17) is 10.5 Å². The van der Waals surface area contributed by atoms with E-state index in [1.54, 1.807) is 51.5 Å². The van der Waals surface area contributed by atoms with Gasteiger partial charge in [0.2, 0.25) is 11.8 Å². The number of rotatable bonds is 10. The van der Waals surface area contributed by atoms with Gasteiger partial charge >= 0.3 is 0 Å². The van der Waals surface area contributed by atoms with Crippen molar-refractivity contribution >= 4 is 40.9 Å². The Kier molecular flexibility index (Phi) is 9.69. The minimum Gasteiger partial charge on any atom is -0.487 e. The van der Waals surface area contributed by atoms with E-state index >= 15 is 0 Å². The zero-order valence-corrected chi connectivity index (χ0v) is 22.9. The van der Waals surface area contributed by atoms with Crippen LogP contribution < -0.4 is 31.3 Å². The number of aryl methyl sites for hydroxylation is 1. The highest BCUT2D eigenvalue weighted by Gasteiger charge is 2.17. The van der Waals surface area contributed by atoms with Gasteiger partial charge in [-0.15, -0.1) is 0 Å². The minimum absolute atomic E-state index is 0.165. The lowest BCUT2D eigenvalue weighted by molar-refractivity contribution is -0.122. The molecule has 0 atom stereocenters. The molecule has 0 unspecified atom stereocenters. The number of nitrogen functional groups attached to an aromatic ring is 1. The number of nitrogens with zero attached hydrogens (tertiary/aromatic N) is 1. The molecule has 5 N–H and O–H groups in total. The van der Waals surface area contributed by atoms with Gasteiger partial charge in [-0.05, 0) is 72.5 Å². The summed E-state index contributed by atoms with van der Waals surface area (Å²) < 4.78 is 6.04. The molecule has 0 saturated carbocycles. The molecule has 204 valence electrons. The van der Waals surface area contributed by atoms with Gasteiger partial charge in [0.25, 0.3) is 5.91 Å². The van der Waals surface area contributed by atoms with E-state index in [2.05, 4.69) is 16.0 Å². The molecular formula is C30H35N5O4. The largest absolute Gasteiger partial charge is 0.487 e. The van der Waals surface area contributed by atoms with Crippen LogP contribution in [0.15, 0.2) is 60.7 Å². The Hall–Kier alpha value is -4.79. The van der Waals surface area contributed by atoms with Gasteiger partial charge in [0.1, 0.15) is 12.4 Å². The molecule has 3 aromatic carbocycles. The summed E-state index contributed by atoms with van der Waals surface area (Å²) in [5.41, 5.74) is 12.4. The third-order valence-corrected chi connectivity index (χ3v) is 6.49. The molecule has 3 aromatic rings. The molecule has 39 heavy (non-hydrogen) atoms. The Morgan fingerprint density at radius 3 is 2.38 bits per heavy atom. The molecule has 0 aliphatic heterocycles. The SMILES string of the molecule is CNC(=O)c1ccc(/C=C/C(=O)NCC(=O)N(C)c2ccc(C)c(COc3cccc(NC)c3N)c2C)cc1. The third-order valence-electron chi connectivity index (χ3n) is 6.49. The topological polar surface area (TPSA) is 126 Å². The Morgan fingerprint density at radius 1 is 1.00 bits per heavy atom. The maximum atomic E-state index is 12.9. The first-order valence-corrected chi connectivity index (χ1v) is 12.5. The van der Waals surface area contributed by atoms with Gasteiger partial charge in [-0.2, -0.15) is 0 Å². The lowest BCUT2D eigenvalue weighted by atomic mass is 10.0. The molecule has 0 aromatic heterocycles.